The molecule has 0 heterocycles. The Kier molecular flexibility index (Phi) is 2.04. The summed E-state index contributed by atoms with van der Waals surface area (Å²) in [5, 5.41) is 16.8. The molecule has 34 valence electrons. The van der Waals surface area contributed by atoms with Gasteiger partial charge in [-0.3, -0.25) is 0 Å². The van der Waals surface area contributed by atoms with Crippen molar-refractivity contribution in [2.75, 3.05) is 0 Å². The Morgan fingerprint density at radius 1 is 2.00 bits per heavy atom. The lowest BCUT2D eigenvalue weighted by molar-refractivity contribution is 0.322. The zero-order chi connectivity index (χ0) is 4.99. The van der Waals surface area contributed by atoms with Gasteiger partial charge in [0.15, 0.2) is 0 Å². The van der Waals surface area contributed by atoms with Gasteiger partial charge in [-0.2, -0.15) is 0 Å². The van der Waals surface area contributed by atoms with Crippen LogP contribution in [0.2, 0.25) is 0 Å². The van der Waals surface area contributed by atoms with Crippen molar-refractivity contribution in [3.05, 3.63) is 0 Å². The third-order valence-electron chi connectivity index (χ3n) is 0.251. The van der Waals surface area contributed by atoms with Crippen molar-refractivity contribution < 1.29 is 5.21 Å². The van der Waals surface area contributed by atoms with Crippen molar-refractivity contribution in [2.45, 2.75) is 6.92 Å². The second-order valence-electron chi connectivity index (χ2n) is 0.928. The van der Waals surface area contributed by atoms with Crippen LogP contribution in [0.1, 0.15) is 6.92 Å². The summed E-state index contributed by atoms with van der Waals surface area (Å²) in [6.45, 7) is 1.53. The fraction of sp³-hybridized carbons (Fsp3) is 0.333. The Morgan fingerprint density at radius 3 is 2.50 bits per heavy atom. The standard InChI is InChI=1S/C3H6N2O/c1-3(4)2-5-6/h2,4,6H,1H3. The minimum absolute atomic E-state index is 0.248. The van der Waals surface area contributed by atoms with Crippen LogP contribution in [-0.2, 0) is 0 Å². The van der Waals surface area contributed by atoms with Gasteiger partial charge in [0.2, 0.25) is 0 Å². The zero-order valence-electron chi connectivity index (χ0n) is 3.47. The fourth-order valence-corrected chi connectivity index (χ4v) is 0.0866. The van der Waals surface area contributed by atoms with Crippen molar-refractivity contribution in [2.24, 2.45) is 5.16 Å². The summed E-state index contributed by atoms with van der Waals surface area (Å²) in [5.41, 5.74) is 0.248. The normalized spacial score (nSPS) is 9.50. The van der Waals surface area contributed by atoms with E-state index in [-0.39, 0.29) is 5.71 Å². The highest BCUT2D eigenvalue weighted by Gasteiger charge is 1.70. The SMILES string of the molecule is CC(=N)C=NO. The monoisotopic (exact) mass is 86.0 g/mol. The number of hydrogen-bond acceptors (Lipinski definition) is 3. The van der Waals surface area contributed by atoms with Crippen molar-refractivity contribution >= 4 is 11.9 Å². The Hall–Kier alpha value is -0.860. The maximum Gasteiger partial charge on any atom is 0.0866 e. The van der Waals surface area contributed by atoms with E-state index in [2.05, 4.69) is 5.16 Å². The molecule has 0 aliphatic carbocycles. The first-order valence-electron chi connectivity index (χ1n) is 1.50. The lowest BCUT2D eigenvalue weighted by Crippen LogP contribution is -1.85. The largest absolute Gasteiger partial charge is 0.411 e. The Balaban J connectivity index is 3.30. The molecule has 0 amide bonds. The van der Waals surface area contributed by atoms with Gasteiger partial charge in [0.05, 0.1) is 6.21 Å². The first-order chi connectivity index (χ1) is 2.77. The van der Waals surface area contributed by atoms with E-state index in [1.165, 1.54) is 6.92 Å². The molecule has 0 aromatic carbocycles. The molecule has 0 atom stereocenters. The molecule has 3 heteroatoms. The molecular weight excluding hydrogens is 80.0 g/mol. The summed E-state index contributed by atoms with van der Waals surface area (Å²) in [6.07, 6.45) is 1.06. The predicted molar refractivity (Wildman–Crippen MR) is 23.7 cm³/mol. The molecule has 0 aromatic rings. The highest BCUT2D eigenvalue weighted by atomic mass is 16.4. The van der Waals surface area contributed by atoms with Crippen molar-refractivity contribution in [1.82, 2.24) is 0 Å². The molecule has 0 aliphatic heterocycles. The second-order valence-corrected chi connectivity index (χ2v) is 0.928. The smallest absolute Gasteiger partial charge is 0.0866 e. The molecule has 0 fully saturated rings. The lowest BCUT2D eigenvalue weighted by Gasteiger charge is -1.71. The molecule has 0 saturated heterocycles. The van der Waals surface area contributed by atoms with E-state index in [0.717, 1.165) is 6.21 Å². The van der Waals surface area contributed by atoms with E-state index >= 15 is 0 Å². The quantitative estimate of drug-likeness (QED) is 0.272. The van der Waals surface area contributed by atoms with Gasteiger partial charge in [-0.05, 0) is 6.92 Å². The minimum Gasteiger partial charge on any atom is -0.411 e. The molecule has 3 nitrogen and oxygen atoms in total. The average Bonchev–Trinajstić information content (AvgIpc) is 1.35. The number of rotatable bonds is 1. The van der Waals surface area contributed by atoms with Gasteiger partial charge in [-0.1, -0.05) is 5.16 Å². The van der Waals surface area contributed by atoms with Crippen LogP contribution in [0.15, 0.2) is 5.16 Å². The van der Waals surface area contributed by atoms with E-state index in [9.17, 15) is 0 Å². The number of oxime groups is 1. The lowest BCUT2D eigenvalue weighted by atomic mass is 10.5. The topological polar surface area (TPSA) is 56.4 Å². The molecule has 6 heavy (non-hydrogen) atoms. The van der Waals surface area contributed by atoms with Crippen LogP contribution in [0.3, 0.4) is 0 Å². The molecule has 0 aromatic heterocycles. The highest BCUT2D eigenvalue weighted by Crippen LogP contribution is 1.57. The Bertz CT molecular complexity index is 76.9. The van der Waals surface area contributed by atoms with Gasteiger partial charge in [0.25, 0.3) is 0 Å². The van der Waals surface area contributed by atoms with Crippen LogP contribution in [-0.4, -0.2) is 17.1 Å². The van der Waals surface area contributed by atoms with Gasteiger partial charge in [-0.25, -0.2) is 0 Å². The fourth-order valence-electron chi connectivity index (χ4n) is 0.0866. The highest BCUT2D eigenvalue weighted by molar-refractivity contribution is 6.27. The van der Waals surface area contributed by atoms with Crippen LogP contribution in [0, 0.1) is 5.41 Å². The summed E-state index contributed by atoms with van der Waals surface area (Å²) in [4.78, 5) is 0. The number of hydrogen-bond donors (Lipinski definition) is 2. The van der Waals surface area contributed by atoms with Crippen molar-refractivity contribution in [1.29, 1.82) is 5.41 Å². The molecule has 0 saturated carbocycles. The van der Waals surface area contributed by atoms with Crippen molar-refractivity contribution in [3.63, 3.8) is 0 Å². The summed E-state index contributed by atoms with van der Waals surface area (Å²) < 4.78 is 0. The minimum atomic E-state index is 0.248. The van der Waals surface area contributed by atoms with Crippen LogP contribution in [0.4, 0.5) is 0 Å². The molecule has 0 rings (SSSR count). The molecule has 2 N–H and O–H groups in total. The van der Waals surface area contributed by atoms with Crippen molar-refractivity contribution in [3.8, 4) is 0 Å². The van der Waals surface area contributed by atoms with Crippen LogP contribution < -0.4 is 0 Å². The van der Waals surface area contributed by atoms with Crippen LogP contribution in [0.25, 0.3) is 0 Å². The Morgan fingerprint density at radius 2 is 2.50 bits per heavy atom. The van der Waals surface area contributed by atoms with Gasteiger partial charge in [0, 0.05) is 5.71 Å². The number of nitrogens with one attached hydrogen (secondary N) is 1. The van der Waals surface area contributed by atoms with E-state index in [1.807, 2.05) is 0 Å². The van der Waals surface area contributed by atoms with Gasteiger partial charge in [0.1, 0.15) is 0 Å². The summed E-state index contributed by atoms with van der Waals surface area (Å²) in [5.74, 6) is 0. The Labute approximate surface area is 35.8 Å². The van der Waals surface area contributed by atoms with Crippen LogP contribution >= 0.6 is 0 Å². The first kappa shape index (κ1) is 5.14. The van der Waals surface area contributed by atoms with E-state index in [1.54, 1.807) is 0 Å². The van der Waals surface area contributed by atoms with Gasteiger partial charge in [-0.15, -0.1) is 0 Å². The molecular formula is C3H6N2O. The molecule has 0 aliphatic rings. The average molecular weight is 86.1 g/mol. The zero-order valence-corrected chi connectivity index (χ0v) is 3.47. The summed E-state index contributed by atoms with van der Waals surface area (Å²) in [7, 11) is 0. The molecule has 0 unspecified atom stereocenters. The third-order valence-corrected chi connectivity index (χ3v) is 0.251. The summed E-state index contributed by atoms with van der Waals surface area (Å²) >= 11 is 0. The third kappa shape index (κ3) is 3.14. The maximum atomic E-state index is 7.67. The molecule has 0 bridgehead atoms. The van der Waals surface area contributed by atoms with Crippen LogP contribution in [0.5, 0.6) is 0 Å². The first-order valence-corrected chi connectivity index (χ1v) is 1.50. The summed E-state index contributed by atoms with van der Waals surface area (Å²) in [6, 6.07) is 0. The van der Waals surface area contributed by atoms with E-state index < -0.39 is 0 Å². The van der Waals surface area contributed by atoms with E-state index in [4.69, 9.17) is 10.6 Å². The van der Waals surface area contributed by atoms with Gasteiger partial charge >= 0.3 is 0 Å². The van der Waals surface area contributed by atoms with E-state index in [0.29, 0.717) is 0 Å². The molecule has 0 spiro atoms. The second kappa shape index (κ2) is 2.38. The number of nitrogens with zero attached hydrogens (tertiary/aromatic N) is 1. The molecule has 0 radical (unpaired) electrons. The predicted octanol–water partition coefficient (Wildman–Crippen LogP) is 0.486. The van der Waals surface area contributed by atoms with Gasteiger partial charge < -0.3 is 10.6 Å². The maximum absolute atomic E-state index is 7.67.